The fourth-order valence-electron chi connectivity index (χ4n) is 4.85. The van der Waals surface area contributed by atoms with E-state index < -0.39 is 0 Å². The molecule has 2 aromatic rings. The molecule has 0 atom stereocenters. The Balaban J connectivity index is 0.00000193. The van der Waals surface area contributed by atoms with Crippen LogP contribution in [0.5, 0.6) is 0 Å². The van der Waals surface area contributed by atoms with Gasteiger partial charge >= 0.3 is 0 Å². The monoisotopic (exact) mass is 516 g/mol. The minimum atomic E-state index is -0.304. The van der Waals surface area contributed by atoms with Crippen molar-refractivity contribution < 1.29 is 9.59 Å². The maximum atomic E-state index is 13.1. The second-order valence-electron chi connectivity index (χ2n) is 8.85. The maximum absolute atomic E-state index is 13.1. The fraction of sp³-hybridized carbons (Fsp3) is 0.545. The summed E-state index contributed by atoms with van der Waals surface area (Å²) < 4.78 is 1.63. The van der Waals surface area contributed by atoms with E-state index in [0.29, 0.717) is 19.6 Å². The molecule has 0 spiro atoms. The molecule has 0 bridgehead atoms. The van der Waals surface area contributed by atoms with Gasteiger partial charge in [-0.3, -0.25) is 14.2 Å². The van der Waals surface area contributed by atoms with Crippen LogP contribution in [0, 0.1) is 0 Å². The zero-order valence-electron chi connectivity index (χ0n) is 18.8. The van der Waals surface area contributed by atoms with E-state index in [0.717, 1.165) is 30.7 Å². The van der Waals surface area contributed by atoms with Gasteiger partial charge in [-0.1, -0.05) is 23.7 Å². The van der Waals surface area contributed by atoms with Gasteiger partial charge in [0, 0.05) is 42.2 Å². The molecule has 0 radical (unpaired) electrons. The second-order valence-corrected chi connectivity index (χ2v) is 9.29. The molecular weight excluding hydrogens is 487 g/mol. The molecule has 0 saturated heterocycles. The van der Waals surface area contributed by atoms with Crippen LogP contribution < -0.4 is 11.1 Å². The van der Waals surface area contributed by atoms with Crippen LogP contribution in [0.2, 0.25) is 5.02 Å². The predicted molar refractivity (Wildman–Crippen MR) is 133 cm³/mol. The Hall–Kier alpha value is -1.87. The predicted octanol–water partition coefficient (Wildman–Crippen LogP) is 3.21. The lowest BCUT2D eigenvalue weighted by molar-refractivity contribution is 0.0520. The van der Waals surface area contributed by atoms with Crippen LogP contribution in [0.1, 0.15) is 66.3 Å². The number of hydrogen-bond donors (Lipinski definition) is 2. The van der Waals surface area contributed by atoms with E-state index in [-0.39, 0.29) is 65.8 Å². The minimum absolute atomic E-state index is 0. The molecule has 8 nitrogen and oxygen atoms in total. The van der Waals surface area contributed by atoms with Crippen LogP contribution in [-0.2, 0) is 12.0 Å². The molecule has 2 aliphatic rings. The van der Waals surface area contributed by atoms with Crippen molar-refractivity contribution in [2.75, 3.05) is 13.1 Å². The lowest BCUT2D eigenvalue weighted by atomic mass is 9.68. The molecule has 1 fully saturated rings. The van der Waals surface area contributed by atoms with Crippen molar-refractivity contribution in [2.45, 2.75) is 63.6 Å². The smallest absolute Gasteiger partial charge is 0.292 e. The van der Waals surface area contributed by atoms with Crippen molar-refractivity contribution in [1.82, 2.24) is 25.0 Å². The standard InChI is InChI=1S/C22H29ClN6O2.2ClH/c1-14(2)25-20(30)18-26-27-19-21(31)28(10-11-29(18)19)17-6-8-22(13-24,9-7-17)15-4-3-5-16(23)12-15;;/h3-5,12,14,17H,6-11,13,24H2,1-2H3,(H,25,30);2*1H/t17-,22-;;. The summed E-state index contributed by atoms with van der Waals surface area (Å²) in [5, 5.41) is 11.6. The van der Waals surface area contributed by atoms with Crippen LogP contribution in [0.3, 0.4) is 0 Å². The van der Waals surface area contributed by atoms with Gasteiger partial charge in [-0.05, 0) is 57.2 Å². The first kappa shape index (κ1) is 27.4. The van der Waals surface area contributed by atoms with E-state index >= 15 is 0 Å². The molecule has 3 N–H and O–H groups in total. The van der Waals surface area contributed by atoms with Gasteiger partial charge in [-0.15, -0.1) is 35.0 Å². The summed E-state index contributed by atoms with van der Waals surface area (Å²) in [6.07, 6.45) is 3.52. The summed E-state index contributed by atoms with van der Waals surface area (Å²) in [6.45, 7) is 5.37. The van der Waals surface area contributed by atoms with E-state index in [4.69, 9.17) is 17.3 Å². The van der Waals surface area contributed by atoms with Crippen molar-refractivity contribution in [3.8, 4) is 0 Å². The van der Waals surface area contributed by atoms with E-state index in [1.54, 1.807) is 4.57 Å². The lowest BCUT2D eigenvalue weighted by Gasteiger charge is -2.44. The number of nitrogens with one attached hydrogen (secondary N) is 1. The molecule has 4 rings (SSSR count). The number of nitrogens with two attached hydrogens (primary N) is 1. The first-order valence-corrected chi connectivity index (χ1v) is 11.2. The highest BCUT2D eigenvalue weighted by atomic mass is 35.5. The molecule has 33 heavy (non-hydrogen) atoms. The summed E-state index contributed by atoms with van der Waals surface area (Å²) in [5.41, 5.74) is 7.28. The highest BCUT2D eigenvalue weighted by molar-refractivity contribution is 6.30. The molecule has 1 aliphatic heterocycles. The number of halogens is 3. The molecule has 0 unspecified atom stereocenters. The van der Waals surface area contributed by atoms with Crippen molar-refractivity contribution >= 4 is 48.2 Å². The van der Waals surface area contributed by atoms with Gasteiger partial charge in [-0.2, -0.15) is 0 Å². The number of amides is 2. The van der Waals surface area contributed by atoms with Gasteiger partial charge in [0.25, 0.3) is 11.8 Å². The minimum Gasteiger partial charge on any atom is -0.347 e. The van der Waals surface area contributed by atoms with Crippen LogP contribution in [0.25, 0.3) is 0 Å². The van der Waals surface area contributed by atoms with Gasteiger partial charge < -0.3 is 16.0 Å². The molecule has 2 amide bonds. The average Bonchev–Trinajstić information content (AvgIpc) is 3.19. The Kier molecular flexibility index (Phi) is 9.16. The van der Waals surface area contributed by atoms with E-state index in [1.807, 2.05) is 36.9 Å². The summed E-state index contributed by atoms with van der Waals surface area (Å²) in [5.74, 6) is -0.0219. The molecule has 1 aromatic carbocycles. The van der Waals surface area contributed by atoms with Gasteiger partial charge in [0.05, 0.1) is 0 Å². The Bertz CT molecular complexity index is 988. The van der Waals surface area contributed by atoms with E-state index in [1.165, 1.54) is 5.56 Å². The summed E-state index contributed by atoms with van der Waals surface area (Å²) in [6, 6.07) is 8.06. The second kappa shape index (κ2) is 11.0. The molecule has 2 heterocycles. The number of fused-ring (bicyclic) bond motifs is 1. The normalized spacial score (nSPS) is 22.3. The summed E-state index contributed by atoms with van der Waals surface area (Å²) in [4.78, 5) is 27.4. The van der Waals surface area contributed by atoms with Gasteiger partial charge in [0.15, 0.2) is 0 Å². The molecule has 1 saturated carbocycles. The van der Waals surface area contributed by atoms with Crippen molar-refractivity contribution in [3.05, 3.63) is 46.5 Å². The van der Waals surface area contributed by atoms with E-state index in [9.17, 15) is 9.59 Å². The zero-order valence-corrected chi connectivity index (χ0v) is 21.2. The number of carbonyl (C=O) groups excluding carboxylic acids is 2. The quantitative estimate of drug-likeness (QED) is 0.633. The number of nitrogens with zero attached hydrogens (tertiary/aromatic N) is 4. The summed E-state index contributed by atoms with van der Waals surface area (Å²) in [7, 11) is 0. The van der Waals surface area contributed by atoms with Crippen molar-refractivity contribution in [1.29, 1.82) is 0 Å². The summed E-state index contributed by atoms with van der Waals surface area (Å²) >= 11 is 6.22. The van der Waals surface area contributed by atoms with Crippen molar-refractivity contribution in [2.24, 2.45) is 5.73 Å². The third-order valence-electron chi connectivity index (χ3n) is 6.57. The van der Waals surface area contributed by atoms with Crippen LogP contribution in [0.15, 0.2) is 24.3 Å². The lowest BCUT2D eigenvalue weighted by Crippen LogP contribution is -2.51. The van der Waals surface area contributed by atoms with Crippen LogP contribution in [-0.4, -0.2) is 56.7 Å². The number of rotatable bonds is 5. The number of aromatic nitrogens is 3. The van der Waals surface area contributed by atoms with Gasteiger partial charge in [0.1, 0.15) is 0 Å². The first-order valence-electron chi connectivity index (χ1n) is 10.9. The largest absolute Gasteiger partial charge is 0.347 e. The Morgan fingerprint density at radius 3 is 2.55 bits per heavy atom. The SMILES string of the molecule is CC(C)NC(=O)c1nnc2n1CCN([C@H]1CC[C@](CN)(c3cccc(Cl)c3)CC1)C2=O.Cl.Cl. The van der Waals surface area contributed by atoms with Gasteiger partial charge in [0.2, 0.25) is 11.6 Å². The molecule has 182 valence electrons. The third kappa shape index (κ3) is 5.29. The number of benzene rings is 1. The van der Waals surface area contributed by atoms with Crippen molar-refractivity contribution in [3.63, 3.8) is 0 Å². The number of hydrogen-bond acceptors (Lipinski definition) is 5. The Morgan fingerprint density at radius 2 is 1.94 bits per heavy atom. The van der Waals surface area contributed by atoms with Crippen LogP contribution >= 0.6 is 36.4 Å². The average molecular weight is 518 g/mol. The number of carbonyl (C=O) groups is 2. The Morgan fingerprint density at radius 1 is 1.24 bits per heavy atom. The van der Waals surface area contributed by atoms with Gasteiger partial charge in [-0.25, -0.2) is 0 Å². The Labute approximate surface area is 211 Å². The maximum Gasteiger partial charge on any atom is 0.292 e. The van der Waals surface area contributed by atoms with Crippen LogP contribution in [0.4, 0.5) is 0 Å². The molecule has 1 aromatic heterocycles. The topological polar surface area (TPSA) is 106 Å². The molecular formula is C22H31Cl3N6O2. The van der Waals surface area contributed by atoms with E-state index in [2.05, 4.69) is 21.6 Å². The fourth-order valence-corrected chi connectivity index (χ4v) is 5.04. The molecule has 1 aliphatic carbocycles. The highest BCUT2D eigenvalue weighted by Gasteiger charge is 2.41. The first-order chi connectivity index (χ1) is 14.8. The zero-order chi connectivity index (χ0) is 22.2. The third-order valence-corrected chi connectivity index (χ3v) is 6.81. The highest BCUT2D eigenvalue weighted by Crippen LogP contribution is 2.41. The molecule has 11 heteroatoms.